The monoisotopic (exact) mass is 294 g/mol. The number of nitrogens with zero attached hydrogens (tertiary/aromatic N) is 1. The van der Waals surface area contributed by atoms with Crippen molar-refractivity contribution in [3.05, 3.63) is 23.8 Å². The van der Waals surface area contributed by atoms with Crippen LogP contribution in [0.25, 0.3) is 0 Å². The SMILES string of the molecule is COc1cc(NC(=O)N(C)C2CCOC2)ccc1C(=O)O. The van der Waals surface area contributed by atoms with Crippen molar-refractivity contribution in [1.29, 1.82) is 0 Å². The van der Waals surface area contributed by atoms with Crippen LogP contribution < -0.4 is 10.1 Å². The molecular weight excluding hydrogens is 276 g/mol. The van der Waals surface area contributed by atoms with E-state index in [0.29, 0.717) is 18.9 Å². The Morgan fingerprint density at radius 3 is 2.81 bits per heavy atom. The molecule has 1 unspecified atom stereocenters. The lowest BCUT2D eigenvalue weighted by Crippen LogP contribution is -2.40. The van der Waals surface area contributed by atoms with E-state index in [1.54, 1.807) is 11.9 Å². The number of hydrogen-bond acceptors (Lipinski definition) is 4. The Kier molecular flexibility index (Phi) is 4.64. The van der Waals surface area contributed by atoms with Gasteiger partial charge in [0.15, 0.2) is 0 Å². The highest BCUT2D eigenvalue weighted by molar-refractivity contribution is 5.94. The first-order valence-electron chi connectivity index (χ1n) is 6.56. The molecule has 0 aromatic heterocycles. The number of ether oxygens (including phenoxy) is 2. The third kappa shape index (κ3) is 3.43. The first kappa shape index (κ1) is 15.1. The topological polar surface area (TPSA) is 88.1 Å². The second-order valence-electron chi connectivity index (χ2n) is 4.78. The standard InChI is InChI=1S/C14H18N2O5/c1-16(10-5-6-21-8-10)14(19)15-9-3-4-11(13(17)18)12(7-9)20-2/h3-4,7,10H,5-6,8H2,1-2H3,(H,15,19)(H,17,18). The molecule has 1 aromatic rings. The van der Waals surface area contributed by atoms with Crippen molar-refractivity contribution in [1.82, 2.24) is 4.90 Å². The van der Waals surface area contributed by atoms with Gasteiger partial charge in [0.05, 0.1) is 19.8 Å². The predicted molar refractivity (Wildman–Crippen MR) is 76.0 cm³/mol. The van der Waals surface area contributed by atoms with Crippen molar-refractivity contribution in [3.63, 3.8) is 0 Å². The smallest absolute Gasteiger partial charge is 0.339 e. The molecule has 1 fully saturated rings. The summed E-state index contributed by atoms with van der Waals surface area (Å²) in [6, 6.07) is 4.21. The van der Waals surface area contributed by atoms with E-state index in [1.807, 2.05) is 0 Å². The second kappa shape index (κ2) is 6.45. The number of amides is 2. The van der Waals surface area contributed by atoms with E-state index >= 15 is 0 Å². The highest BCUT2D eigenvalue weighted by Crippen LogP contribution is 2.23. The van der Waals surface area contributed by atoms with Crippen molar-refractivity contribution < 1.29 is 24.2 Å². The number of carboxylic acids is 1. The van der Waals surface area contributed by atoms with Crippen LogP contribution in [0.15, 0.2) is 18.2 Å². The zero-order valence-electron chi connectivity index (χ0n) is 12.0. The number of carboxylic acid groups (broad SMARTS) is 1. The fourth-order valence-corrected chi connectivity index (χ4v) is 2.15. The molecule has 7 nitrogen and oxygen atoms in total. The molecule has 0 aliphatic carbocycles. The normalized spacial score (nSPS) is 17.3. The van der Waals surface area contributed by atoms with Crippen molar-refractivity contribution in [3.8, 4) is 5.75 Å². The molecule has 0 radical (unpaired) electrons. The van der Waals surface area contributed by atoms with Crippen LogP contribution in [-0.2, 0) is 4.74 Å². The summed E-state index contributed by atoms with van der Waals surface area (Å²) in [6.07, 6.45) is 0.811. The van der Waals surface area contributed by atoms with Gasteiger partial charge >= 0.3 is 12.0 Å². The number of carbonyl (C=O) groups excluding carboxylic acids is 1. The van der Waals surface area contributed by atoms with Gasteiger partial charge in [-0.1, -0.05) is 0 Å². The first-order valence-corrected chi connectivity index (χ1v) is 6.56. The molecule has 114 valence electrons. The molecule has 7 heteroatoms. The Hall–Kier alpha value is -2.28. The summed E-state index contributed by atoms with van der Waals surface area (Å²) in [5.74, 6) is -0.878. The number of methoxy groups -OCH3 is 1. The molecule has 1 aliphatic rings. The molecule has 1 heterocycles. The summed E-state index contributed by atoms with van der Waals surface area (Å²) in [7, 11) is 3.09. The van der Waals surface area contributed by atoms with Gasteiger partial charge in [-0.05, 0) is 18.6 Å². The molecule has 2 amide bonds. The minimum absolute atomic E-state index is 0.0491. The fourth-order valence-electron chi connectivity index (χ4n) is 2.15. The van der Waals surface area contributed by atoms with E-state index in [1.165, 1.54) is 25.3 Å². The van der Waals surface area contributed by atoms with Crippen LogP contribution in [0, 0.1) is 0 Å². The third-order valence-electron chi connectivity index (χ3n) is 3.46. The Morgan fingerprint density at radius 2 is 2.24 bits per heavy atom. The number of anilines is 1. The molecule has 2 N–H and O–H groups in total. The van der Waals surface area contributed by atoms with Crippen LogP contribution >= 0.6 is 0 Å². The minimum atomic E-state index is -1.08. The van der Waals surface area contributed by atoms with Crippen LogP contribution in [0.1, 0.15) is 16.8 Å². The van der Waals surface area contributed by atoms with Crippen LogP contribution in [0.4, 0.5) is 10.5 Å². The molecule has 1 aromatic carbocycles. The molecule has 0 spiro atoms. The lowest BCUT2D eigenvalue weighted by atomic mass is 10.2. The number of hydrogen-bond donors (Lipinski definition) is 2. The first-order chi connectivity index (χ1) is 10.0. The minimum Gasteiger partial charge on any atom is -0.496 e. The van der Waals surface area contributed by atoms with Gasteiger partial charge in [0, 0.05) is 25.4 Å². The summed E-state index contributed by atoms with van der Waals surface area (Å²) in [6.45, 7) is 1.19. The van der Waals surface area contributed by atoms with E-state index in [2.05, 4.69) is 5.32 Å². The number of urea groups is 1. The molecule has 2 rings (SSSR count). The second-order valence-corrected chi connectivity index (χ2v) is 4.78. The largest absolute Gasteiger partial charge is 0.496 e. The number of benzene rings is 1. The highest BCUT2D eigenvalue weighted by Gasteiger charge is 2.24. The van der Waals surface area contributed by atoms with E-state index in [4.69, 9.17) is 14.6 Å². The van der Waals surface area contributed by atoms with Gasteiger partial charge in [0.25, 0.3) is 0 Å². The van der Waals surface area contributed by atoms with Crippen LogP contribution in [0.3, 0.4) is 0 Å². The van der Waals surface area contributed by atoms with Gasteiger partial charge in [-0.25, -0.2) is 9.59 Å². The average molecular weight is 294 g/mol. The number of aromatic carboxylic acids is 1. The molecule has 1 atom stereocenters. The zero-order valence-corrected chi connectivity index (χ0v) is 12.0. The maximum absolute atomic E-state index is 12.1. The maximum Gasteiger partial charge on any atom is 0.339 e. The summed E-state index contributed by atoms with van der Waals surface area (Å²) in [5, 5.41) is 11.7. The van der Waals surface area contributed by atoms with E-state index in [0.717, 1.165) is 6.42 Å². The Bertz CT molecular complexity index is 540. The Labute approximate surface area is 122 Å². The molecule has 1 aliphatic heterocycles. The van der Waals surface area contributed by atoms with Crippen molar-refractivity contribution in [2.45, 2.75) is 12.5 Å². The molecule has 1 saturated heterocycles. The molecule has 0 saturated carbocycles. The number of likely N-dealkylation sites (N-methyl/N-ethyl adjacent to an activating group) is 1. The summed E-state index contributed by atoms with van der Waals surface area (Å²) < 4.78 is 10.3. The Morgan fingerprint density at radius 1 is 1.48 bits per heavy atom. The summed E-state index contributed by atoms with van der Waals surface area (Å²) in [5.41, 5.74) is 0.528. The lowest BCUT2D eigenvalue weighted by molar-refractivity contribution is 0.0693. The lowest BCUT2D eigenvalue weighted by Gasteiger charge is -2.23. The third-order valence-corrected chi connectivity index (χ3v) is 3.46. The van der Waals surface area contributed by atoms with Crippen LogP contribution in [0.5, 0.6) is 5.75 Å². The van der Waals surface area contributed by atoms with Gasteiger partial charge in [0.2, 0.25) is 0 Å². The molecular formula is C14H18N2O5. The summed E-state index contributed by atoms with van der Waals surface area (Å²) >= 11 is 0. The quantitative estimate of drug-likeness (QED) is 0.881. The summed E-state index contributed by atoms with van der Waals surface area (Å²) in [4.78, 5) is 24.7. The molecule has 21 heavy (non-hydrogen) atoms. The average Bonchev–Trinajstić information content (AvgIpc) is 3.00. The zero-order chi connectivity index (χ0) is 15.4. The van der Waals surface area contributed by atoms with Gasteiger partial charge in [-0.3, -0.25) is 0 Å². The van der Waals surface area contributed by atoms with Crippen LogP contribution in [-0.4, -0.2) is 55.4 Å². The molecule has 0 bridgehead atoms. The fraction of sp³-hybridized carbons (Fsp3) is 0.429. The van der Waals surface area contributed by atoms with Gasteiger partial charge in [-0.2, -0.15) is 0 Å². The van der Waals surface area contributed by atoms with Crippen molar-refractivity contribution >= 4 is 17.7 Å². The maximum atomic E-state index is 12.1. The van der Waals surface area contributed by atoms with E-state index in [9.17, 15) is 9.59 Å². The van der Waals surface area contributed by atoms with Gasteiger partial charge < -0.3 is 24.8 Å². The van der Waals surface area contributed by atoms with E-state index < -0.39 is 5.97 Å². The van der Waals surface area contributed by atoms with Crippen molar-refractivity contribution in [2.24, 2.45) is 0 Å². The predicted octanol–water partition coefficient (Wildman–Crippen LogP) is 1.65. The van der Waals surface area contributed by atoms with Gasteiger partial charge in [0.1, 0.15) is 11.3 Å². The van der Waals surface area contributed by atoms with Crippen molar-refractivity contribution in [2.75, 3.05) is 32.7 Å². The van der Waals surface area contributed by atoms with E-state index in [-0.39, 0.29) is 23.4 Å². The highest BCUT2D eigenvalue weighted by atomic mass is 16.5. The number of nitrogens with one attached hydrogen (secondary N) is 1. The number of rotatable bonds is 4. The van der Waals surface area contributed by atoms with Crippen LogP contribution in [0.2, 0.25) is 0 Å². The Balaban J connectivity index is 2.08. The number of carbonyl (C=O) groups is 2. The van der Waals surface area contributed by atoms with Gasteiger partial charge in [-0.15, -0.1) is 0 Å².